The summed E-state index contributed by atoms with van der Waals surface area (Å²) in [6.07, 6.45) is 7.94. The Balaban J connectivity index is 1.96. The van der Waals surface area contributed by atoms with Gasteiger partial charge in [-0.05, 0) is 43.4 Å². The fourth-order valence-electron chi connectivity index (χ4n) is 2.76. The number of benzene rings is 1. The van der Waals surface area contributed by atoms with Crippen molar-refractivity contribution in [3.63, 3.8) is 0 Å². The molecule has 0 spiro atoms. The largest absolute Gasteiger partial charge is 0.381 e. The van der Waals surface area contributed by atoms with E-state index in [1.165, 1.54) is 38.5 Å². The molecule has 3 heteroatoms. The Morgan fingerprint density at radius 1 is 1.28 bits per heavy atom. The lowest BCUT2D eigenvalue weighted by Gasteiger charge is -2.19. The number of rotatable bonds is 3. The Bertz CT molecular complexity index is 394. The number of hydrogen-bond donors (Lipinski definition) is 1. The first-order chi connectivity index (χ1) is 8.69. The number of hydrogen-bond acceptors (Lipinski definition) is 1. The zero-order chi connectivity index (χ0) is 13.0. The van der Waals surface area contributed by atoms with E-state index in [2.05, 4.69) is 34.2 Å². The molecule has 1 fully saturated rings. The summed E-state index contributed by atoms with van der Waals surface area (Å²) in [4.78, 5) is 0. The first-order valence-electron chi connectivity index (χ1n) is 6.90. The lowest BCUT2D eigenvalue weighted by atomic mass is 9.98. The van der Waals surface area contributed by atoms with Crippen molar-refractivity contribution in [3.05, 3.63) is 27.7 Å². The first-order valence-corrected chi connectivity index (χ1v) is 8.07. The maximum absolute atomic E-state index is 6.25. The molecule has 1 N–H and O–H groups in total. The highest BCUT2D eigenvalue weighted by molar-refractivity contribution is 9.10. The zero-order valence-corrected chi connectivity index (χ0v) is 13.2. The molecule has 1 aliphatic rings. The molecule has 0 aliphatic heterocycles. The van der Waals surface area contributed by atoms with E-state index < -0.39 is 0 Å². The van der Waals surface area contributed by atoms with Gasteiger partial charge in [-0.1, -0.05) is 53.7 Å². The van der Waals surface area contributed by atoms with E-state index in [4.69, 9.17) is 11.6 Å². The standard InChI is InChI=1S/C15H21BrClN/c1-2-11-4-3-5-13(8-6-11)18-15-9-7-12(16)10-14(15)17/h7,9-11,13,18H,2-6,8H2,1H3. The fourth-order valence-corrected chi connectivity index (χ4v) is 3.49. The summed E-state index contributed by atoms with van der Waals surface area (Å²) in [5, 5.41) is 4.41. The van der Waals surface area contributed by atoms with Gasteiger partial charge in [0.2, 0.25) is 0 Å². The molecule has 1 aromatic carbocycles. The molecule has 2 atom stereocenters. The minimum absolute atomic E-state index is 0.584. The molecule has 0 heterocycles. The highest BCUT2D eigenvalue weighted by Crippen LogP contribution is 2.30. The maximum Gasteiger partial charge on any atom is 0.0648 e. The molecule has 0 amide bonds. The predicted molar refractivity (Wildman–Crippen MR) is 83.4 cm³/mol. The SMILES string of the molecule is CCC1CCCC(Nc2ccc(Br)cc2Cl)CC1. The number of nitrogens with one attached hydrogen (secondary N) is 1. The van der Waals surface area contributed by atoms with Crippen LogP contribution in [0.5, 0.6) is 0 Å². The van der Waals surface area contributed by atoms with E-state index in [1.54, 1.807) is 0 Å². The lowest BCUT2D eigenvalue weighted by molar-refractivity contribution is 0.444. The Hall–Kier alpha value is -0.210. The van der Waals surface area contributed by atoms with Gasteiger partial charge >= 0.3 is 0 Å². The van der Waals surface area contributed by atoms with Gasteiger partial charge in [-0.25, -0.2) is 0 Å². The average Bonchev–Trinajstić information content (AvgIpc) is 2.58. The summed E-state index contributed by atoms with van der Waals surface area (Å²) in [5.74, 6) is 0.928. The third-order valence-electron chi connectivity index (χ3n) is 3.96. The molecule has 1 nitrogen and oxygen atoms in total. The van der Waals surface area contributed by atoms with Crippen LogP contribution in [-0.2, 0) is 0 Å². The topological polar surface area (TPSA) is 12.0 Å². The first kappa shape index (κ1) is 14.2. The summed E-state index contributed by atoms with van der Waals surface area (Å²) in [5.41, 5.74) is 1.07. The van der Waals surface area contributed by atoms with Gasteiger partial charge in [0, 0.05) is 10.5 Å². The molecular formula is C15H21BrClN. The average molecular weight is 331 g/mol. The van der Waals surface area contributed by atoms with Crippen molar-refractivity contribution < 1.29 is 0 Å². The van der Waals surface area contributed by atoms with Gasteiger partial charge in [0.25, 0.3) is 0 Å². The van der Waals surface area contributed by atoms with Crippen molar-refractivity contribution in [1.82, 2.24) is 0 Å². The second-order valence-corrected chi connectivity index (χ2v) is 6.57. The lowest BCUT2D eigenvalue weighted by Crippen LogP contribution is -2.18. The van der Waals surface area contributed by atoms with Gasteiger partial charge in [-0.15, -0.1) is 0 Å². The predicted octanol–water partition coefficient (Wildman–Crippen LogP) is 5.87. The van der Waals surface area contributed by atoms with E-state index in [0.29, 0.717) is 6.04 Å². The quantitative estimate of drug-likeness (QED) is 0.683. The molecule has 100 valence electrons. The minimum atomic E-state index is 0.584. The van der Waals surface area contributed by atoms with Gasteiger partial charge < -0.3 is 5.32 Å². The van der Waals surface area contributed by atoms with Crippen molar-refractivity contribution >= 4 is 33.2 Å². The second-order valence-electron chi connectivity index (χ2n) is 5.25. The molecule has 1 saturated carbocycles. The van der Waals surface area contributed by atoms with E-state index in [0.717, 1.165) is 21.1 Å². The molecule has 0 aromatic heterocycles. The van der Waals surface area contributed by atoms with Crippen LogP contribution in [0, 0.1) is 5.92 Å². The maximum atomic E-state index is 6.25. The van der Waals surface area contributed by atoms with Crippen molar-refractivity contribution in [3.8, 4) is 0 Å². The summed E-state index contributed by atoms with van der Waals surface area (Å²) < 4.78 is 1.03. The zero-order valence-electron chi connectivity index (χ0n) is 10.9. The molecule has 2 unspecified atom stereocenters. The smallest absolute Gasteiger partial charge is 0.0648 e. The van der Waals surface area contributed by atoms with Crippen LogP contribution < -0.4 is 5.32 Å². The molecule has 0 bridgehead atoms. The summed E-state index contributed by atoms with van der Waals surface area (Å²) in [6, 6.07) is 6.64. The highest BCUT2D eigenvalue weighted by atomic mass is 79.9. The Labute approximate surface area is 123 Å². The van der Waals surface area contributed by atoms with Crippen LogP contribution in [0.2, 0.25) is 5.02 Å². The Morgan fingerprint density at radius 3 is 2.83 bits per heavy atom. The minimum Gasteiger partial charge on any atom is -0.381 e. The molecule has 1 aromatic rings. The van der Waals surface area contributed by atoms with Gasteiger partial charge in [0.1, 0.15) is 0 Å². The van der Waals surface area contributed by atoms with Crippen LogP contribution in [0.4, 0.5) is 5.69 Å². The van der Waals surface area contributed by atoms with E-state index in [-0.39, 0.29) is 0 Å². The number of anilines is 1. The molecule has 2 rings (SSSR count). The summed E-state index contributed by atoms with van der Waals surface area (Å²) in [6.45, 7) is 2.31. The van der Waals surface area contributed by atoms with Crippen molar-refractivity contribution in [2.45, 2.75) is 51.5 Å². The highest BCUT2D eigenvalue weighted by Gasteiger charge is 2.18. The Kier molecular flexibility index (Phi) is 5.38. The van der Waals surface area contributed by atoms with Crippen molar-refractivity contribution in [2.75, 3.05) is 5.32 Å². The van der Waals surface area contributed by atoms with Crippen LogP contribution in [0.1, 0.15) is 45.4 Å². The van der Waals surface area contributed by atoms with Gasteiger partial charge in [0.05, 0.1) is 10.7 Å². The third kappa shape index (κ3) is 3.89. The third-order valence-corrected chi connectivity index (χ3v) is 4.76. The monoisotopic (exact) mass is 329 g/mol. The molecule has 0 radical (unpaired) electrons. The van der Waals surface area contributed by atoms with E-state index in [1.807, 2.05) is 12.1 Å². The number of halogens is 2. The van der Waals surface area contributed by atoms with Crippen LogP contribution in [-0.4, -0.2) is 6.04 Å². The van der Waals surface area contributed by atoms with E-state index in [9.17, 15) is 0 Å². The van der Waals surface area contributed by atoms with Crippen LogP contribution in [0.3, 0.4) is 0 Å². The van der Waals surface area contributed by atoms with Crippen molar-refractivity contribution in [2.24, 2.45) is 5.92 Å². The van der Waals surface area contributed by atoms with Crippen LogP contribution >= 0.6 is 27.5 Å². The van der Waals surface area contributed by atoms with Crippen LogP contribution in [0.25, 0.3) is 0 Å². The van der Waals surface area contributed by atoms with Gasteiger partial charge in [0.15, 0.2) is 0 Å². The molecular weight excluding hydrogens is 310 g/mol. The molecule has 0 saturated heterocycles. The summed E-state index contributed by atoms with van der Waals surface area (Å²) in [7, 11) is 0. The normalized spacial score (nSPS) is 24.6. The second kappa shape index (κ2) is 6.81. The molecule has 1 aliphatic carbocycles. The van der Waals surface area contributed by atoms with Gasteiger partial charge in [-0.2, -0.15) is 0 Å². The van der Waals surface area contributed by atoms with Crippen molar-refractivity contribution in [1.29, 1.82) is 0 Å². The molecule has 18 heavy (non-hydrogen) atoms. The Morgan fingerprint density at radius 2 is 2.11 bits per heavy atom. The van der Waals surface area contributed by atoms with Crippen LogP contribution in [0.15, 0.2) is 22.7 Å². The van der Waals surface area contributed by atoms with E-state index >= 15 is 0 Å². The summed E-state index contributed by atoms with van der Waals surface area (Å²) >= 11 is 9.69. The van der Waals surface area contributed by atoms with Gasteiger partial charge in [-0.3, -0.25) is 0 Å². The fraction of sp³-hybridized carbons (Fsp3) is 0.600.